The highest BCUT2D eigenvalue weighted by atomic mass is 19.4. The molecule has 0 heterocycles. The van der Waals surface area contributed by atoms with Crippen molar-refractivity contribution in [3.05, 3.63) is 59.7 Å². The van der Waals surface area contributed by atoms with Crippen molar-refractivity contribution in [2.45, 2.75) is 6.18 Å². The van der Waals surface area contributed by atoms with Gasteiger partial charge in [-0.25, -0.2) is 0 Å². The molecule has 138 valence electrons. The summed E-state index contributed by atoms with van der Waals surface area (Å²) in [5, 5.41) is 5.36. The highest BCUT2D eigenvalue weighted by Crippen LogP contribution is 2.29. The number of carbonyl (C=O) groups excluding carboxylic acids is 2. The molecule has 2 aromatic carbocycles. The van der Waals surface area contributed by atoms with Gasteiger partial charge in [0.2, 0.25) is 5.91 Å². The molecular weight excluding hydrogens is 347 g/mol. The maximum atomic E-state index is 12.5. The minimum atomic E-state index is -4.42. The molecule has 0 aliphatic rings. The van der Waals surface area contributed by atoms with Crippen LogP contribution in [0.1, 0.15) is 15.9 Å². The third-order valence-electron chi connectivity index (χ3n) is 3.50. The third kappa shape index (κ3) is 4.98. The maximum absolute atomic E-state index is 12.5. The molecule has 2 amide bonds. The van der Waals surface area contributed by atoms with Crippen molar-refractivity contribution in [2.24, 2.45) is 0 Å². The Hall–Kier alpha value is -3.03. The molecule has 0 bridgehead atoms. The van der Waals surface area contributed by atoms with Gasteiger partial charge >= 0.3 is 6.18 Å². The lowest BCUT2D eigenvalue weighted by Gasteiger charge is -2.15. The first-order chi connectivity index (χ1) is 12.2. The average Bonchev–Trinajstić information content (AvgIpc) is 2.59. The van der Waals surface area contributed by atoms with E-state index in [1.807, 2.05) is 0 Å². The second kappa shape index (κ2) is 7.90. The van der Waals surface area contributed by atoms with Crippen molar-refractivity contribution in [2.75, 3.05) is 31.3 Å². The monoisotopic (exact) mass is 365 g/mol. The Labute approximate surface area is 148 Å². The van der Waals surface area contributed by atoms with E-state index in [-0.39, 0.29) is 18.1 Å². The summed E-state index contributed by atoms with van der Waals surface area (Å²) in [6, 6.07) is 10.9. The molecule has 0 unspecified atom stereocenters. The number of carbonyl (C=O) groups is 2. The van der Waals surface area contributed by atoms with Crippen LogP contribution in [-0.4, -0.2) is 37.4 Å². The number of alkyl halides is 3. The Balaban J connectivity index is 1.99. The fourth-order valence-electron chi connectivity index (χ4n) is 2.19. The zero-order valence-corrected chi connectivity index (χ0v) is 14.2. The number of benzene rings is 2. The number of anilines is 2. The van der Waals surface area contributed by atoms with Crippen LogP contribution < -0.4 is 10.6 Å². The summed E-state index contributed by atoms with van der Waals surface area (Å²) >= 11 is 0. The van der Waals surface area contributed by atoms with Gasteiger partial charge in [0, 0.05) is 25.5 Å². The second-order valence-corrected chi connectivity index (χ2v) is 5.72. The number of rotatable bonds is 5. The minimum Gasteiger partial charge on any atom is -0.376 e. The molecule has 0 saturated carbocycles. The average molecular weight is 365 g/mol. The van der Waals surface area contributed by atoms with Gasteiger partial charge in [0.25, 0.3) is 5.91 Å². The molecule has 0 spiro atoms. The van der Waals surface area contributed by atoms with E-state index in [9.17, 15) is 22.8 Å². The Kier molecular flexibility index (Phi) is 5.86. The molecule has 2 N–H and O–H groups in total. The van der Waals surface area contributed by atoms with E-state index >= 15 is 0 Å². The van der Waals surface area contributed by atoms with Crippen LogP contribution in [0.2, 0.25) is 0 Å². The van der Waals surface area contributed by atoms with Gasteiger partial charge in [-0.15, -0.1) is 0 Å². The number of nitrogens with zero attached hydrogens (tertiary/aromatic N) is 1. The summed E-state index contributed by atoms with van der Waals surface area (Å²) in [7, 11) is 3.24. The molecule has 0 aliphatic carbocycles. The Bertz CT molecular complexity index is 787. The first-order valence-electron chi connectivity index (χ1n) is 7.70. The summed E-state index contributed by atoms with van der Waals surface area (Å²) in [5.41, 5.74) is 0.376. The molecule has 8 heteroatoms. The molecule has 2 rings (SSSR count). The lowest BCUT2D eigenvalue weighted by Crippen LogP contribution is -2.25. The molecule has 0 fully saturated rings. The first kappa shape index (κ1) is 19.3. The summed E-state index contributed by atoms with van der Waals surface area (Å²) < 4.78 is 37.6. The Morgan fingerprint density at radius 3 is 2.19 bits per heavy atom. The predicted molar refractivity (Wildman–Crippen MR) is 93.0 cm³/mol. The van der Waals surface area contributed by atoms with Crippen molar-refractivity contribution in [3.63, 3.8) is 0 Å². The number of hydrogen-bond acceptors (Lipinski definition) is 3. The lowest BCUT2D eigenvalue weighted by molar-refractivity contribution is -0.137. The van der Waals surface area contributed by atoms with E-state index in [4.69, 9.17) is 0 Å². The largest absolute Gasteiger partial charge is 0.416 e. The van der Waals surface area contributed by atoms with E-state index in [1.165, 1.54) is 17.0 Å². The van der Waals surface area contributed by atoms with Gasteiger partial charge in [0.05, 0.1) is 17.7 Å². The van der Waals surface area contributed by atoms with Gasteiger partial charge in [-0.3, -0.25) is 9.59 Å². The molecule has 0 saturated heterocycles. The standard InChI is InChI=1S/C18H18F3N3O2/c1-24(2)17(26)14-5-3-4-6-15(14)22-11-16(25)23-13-9-7-12(8-10-13)18(19,20)21/h3-10,22H,11H2,1-2H3,(H,23,25). The van der Waals surface area contributed by atoms with E-state index in [0.717, 1.165) is 12.1 Å². The van der Waals surface area contributed by atoms with Crippen molar-refractivity contribution in [1.82, 2.24) is 4.90 Å². The van der Waals surface area contributed by atoms with Crippen LogP contribution in [-0.2, 0) is 11.0 Å². The van der Waals surface area contributed by atoms with Crippen molar-refractivity contribution in [1.29, 1.82) is 0 Å². The number of hydrogen-bond donors (Lipinski definition) is 2. The summed E-state index contributed by atoms with van der Waals surface area (Å²) in [6.45, 7) is -0.140. The molecule has 0 aromatic heterocycles. The van der Waals surface area contributed by atoms with E-state index < -0.39 is 17.6 Å². The van der Waals surface area contributed by atoms with Gasteiger partial charge in [0.15, 0.2) is 0 Å². The number of halogens is 3. The highest BCUT2D eigenvalue weighted by Gasteiger charge is 2.29. The second-order valence-electron chi connectivity index (χ2n) is 5.72. The van der Waals surface area contributed by atoms with Crippen molar-refractivity contribution < 1.29 is 22.8 Å². The smallest absolute Gasteiger partial charge is 0.376 e. The number of nitrogens with one attached hydrogen (secondary N) is 2. The van der Waals surface area contributed by atoms with Crippen LogP contribution in [0.15, 0.2) is 48.5 Å². The Morgan fingerprint density at radius 2 is 1.62 bits per heavy atom. The van der Waals surface area contributed by atoms with Crippen molar-refractivity contribution >= 4 is 23.2 Å². The van der Waals surface area contributed by atoms with Gasteiger partial charge in [-0.2, -0.15) is 13.2 Å². The fourth-order valence-corrected chi connectivity index (χ4v) is 2.19. The van der Waals surface area contributed by atoms with Gasteiger partial charge in [-0.05, 0) is 36.4 Å². The van der Waals surface area contributed by atoms with Gasteiger partial charge < -0.3 is 15.5 Å². The zero-order valence-electron chi connectivity index (χ0n) is 14.2. The van der Waals surface area contributed by atoms with Gasteiger partial charge in [0.1, 0.15) is 0 Å². The van der Waals surface area contributed by atoms with Crippen LogP contribution in [0.5, 0.6) is 0 Å². The fraction of sp³-hybridized carbons (Fsp3) is 0.222. The quantitative estimate of drug-likeness (QED) is 0.853. The minimum absolute atomic E-state index is 0.140. The lowest BCUT2D eigenvalue weighted by atomic mass is 10.1. The third-order valence-corrected chi connectivity index (χ3v) is 3.50. The molecule has 0 radical (unpaired) electrons. The zero-order chi connectivity index (χ0) is 19.3. The number of amides is 2. The van der Waals surface area contributed by atoms with Crippen LogP contribution in [0.25, 0.3) is 0 Å². The normalized spacial score (nSPS) is 11.0. The van der Waals surface area contributed by atoms with Crippen LogP contribution in [0.4, 0.5) is 24.5 Å². The maximum Gasteiger partial charge on any atom is 0.416 e. The topological polar surface area (TPSA) is 61.4 Å². The predicted octanol–water partition coefficient (Wildman–Crippen LogP) is 3.46. The molecule has 0 atom stereocenters. The van der Waals surface area contributed by atoms with Crippen molar-refractivity contribution in [3.8, 4) is 0 Å². The van der Waals surface area contributed by atoms with E-state index in [0.29, 0.717) is 11.3 Å². The van der Waals surface area contributed by atoms with E-state index in [1.54, 1.807) is 38.4 Å². The summed E-state index contributed by atoms with van der Waals surface area (Å²) in [4.78, 5) is 25.5. The molecular formula is C18H18F3N3O2. The molecule has 5 nitrogen and oxygen atoms in total. The number of para-hydroxylation sites is 1. The molecule has 0 aliphatic heterocycles. The van der Waals surface area contributed by atoms with Gasteiger partial charge in [-0.1, -0.05) is 12.1 Å². The molecule has 2 aromatic rings. The van der Waals surface area contributed by atoms with E-state index in [2.05, 4.69) is 10.6 Å². The van der Waals surface area contributed by atoms with Crippen LogP contribution >= 0.6 is 0 Å². The van der Waals surface area contributed by atoms with Crippen LogP contribution in [0, 0.1) is 0 Å². The SMILES string of the molecule is CN(C)C(=O)c1ccccc1NCC(=O)Nc1ccc(C(F)(F)F)cc1. The highest BCUT2D eigenvalue weighted by molar-refractivity contribution is 6.00. The Morgan fingerprint density at radius 1 is 1.00 bits per heavy atom. The van der Waals surface area contributed by atoms with Crippen LogP contribution in [0.3, 0.4) is 0 Å². The molecule has 26 heavy (non-hydrogen) atoms. The first-order valence-corrected chi connectivity index (χ1v) is 7.70. The summed E-state index contributed by atoms with van der Waals surface area (Å²) in [5.74, 6) is -0.659. The summed E-state index contributed by atoms with van der Waals surface area (Å²) in [6.07, 6.45) is -4.42.